The highest BCUT2D eigenvalue weighted by Gasteiger charge is 2.20. The number of benzene rings is 3. The van der Waals surface area contributed by atoms with Gasteiger partial charge in [0, 0.05) is 24.4 Å². The smallest absolute Gasteiger partial charge is 0.439 e. The van der Waals surface area contributed by atoms with Crippen molar-refractivity contribution in [2.24, 2.45) is 4.99 Å². The van der Waals surface area contributed by atoms with Crippen molar-refractivity contribution in [3.63, 3.8) is 0 Å². The van der Waals surface area contributed by atoms with Gasteiger partial charge in [-0.3, -0.25) is 9.51 Å². The Kier molecular flexibility index (Phi) is 8.06. The lowest BCUT2D eigenvalue weighted by molar-refractivity contribution is 0.388. The minimum absolute atomic E-state index is 0.429. The third kappa shape index (κ3) is 6.20. The molecule has 4 aromatic rings. The van der Waals surface area contributed by atoms with Crippen LogP contribution in [-0.2, 0) is 13.0 Å². The first-order valence-corrected chi connectivity index (χ1v) is 13.4. The first-order valence-electron chi connectivity index (χ1n) is 13.4. The highest BCUT2D eigenvalue weighted by Crippen LogP contribution is 2.31. The number of rotatable bonds is 10. The van der Waals surface area contributed by atoms with Gasteiger partial charge < -0.3 is 9.64 Å². The van der Waals surface area contributed by atoms with Gasteiger partial charge in [-0.25, -0.2) is 9.79 Å². The molecule has 5 rings (SSSR count). The minimum atomic E-state index is -0.561. The maximum atomic E-state index is 11.5. The number of methoxy groups -OCH3 is 1. The van der Waals surface area contributed by atoms with E-state index < -0.39 is 5.76 Å². The van der Waals surface area contributed by atoms with Crippen LogP contribution >= 0.6 is 0 Å². The molecule has 1 aromatic heterocycles. The summed E-state index contributed by atoms with van der Waals surface area (Å²) in [4.78, 5) is 21.6. The van der Waals surface area contributed by atoms with Crippen molar-refractivity contribution < 1.29 is 9.26 Å². The number of nitrogens with zero attached hydrogens (tertiary/aromatic N) is 3. The van der Waals surface area contributed by atoms with Crippen LogP contribution in [0.5, 0.6) is 5.75 Å². The van der Waals surface area contributed by atoms with Gasteiger partial charge in [0.15, 0.2) is 5.82 Å². The summed E-state index contributed by atoms with van der Waals surface area (Å²) in [6.07, 6.45) is 4.13. The molecular weight excluding hydrogens is 488 g/mol. The number of aromatic nitrogens is 2. The summed E-state index contributed by atoms with van der Waals surface area (Å²) in [6.45, 7) is 6.01. The molecule has 0 unspecified atom stereocenters. The standard InChI is InChI=1S/C32H34N4O3/c1-4-5-10-30-26(21-36(22(2)33-30)20-24-13-17-27(38-3)18-14-24)19-23-11-15-25(16-12-23)28-8-6-7-9-29(28)31-34-32(37)39-35-31/h6-9,11-18H,4-5,10,19-21H2,1-3H3,(H,34,35,37). The monoisotopic (exact) mass is 522 g/mol. The molecule has 2 heterocycles. The molecule has 0 fully saturated rings. The molecule has 1 aliphatic heterocycles. The topological polar surface area (TPSA) is 83.7 Å². The van der Waals surface area contributed by atoms with Crippen molar-refractivity contribution in [3.8, 4) is 28.3 Å². The number of hydrogen-bond donors (Lipinski definition) is 1. The van der Waals surface area contributed by atoms with Gasteiger partial charge in [-0.1, -0.05) is 79.2 Å². The number of ether oxygens (including phenoxy) is 1. The first-order chi connectivity index (χ1) is 19.0. The van der Waals surface area contributed by atoms with Crippen LogP contribution in [0.4, 0.5) is 0 Å². The van der Waals surface area contributed by atoms with E-state index in [1.165, 1.54) is 22.4 Å². The van der Waals surface area contributed by atoms with Crippen LogP contribution in [0.25, 0.3) is 22.5 Å². The van der Waals surface area contributed by atoms with E-state index in [4.69, 9.17) is 14.3 Å². The zero-order valence-corrected chi connectivity index (χ0v) is 22.7. The maximum absolute atomic E-state index is 11.5. The first kappa shape index (κ1) is 26.2. The molecule has 0 saturated heterocycles. The van der Waals surface area contributed by atoms with Crippen LogP contribution in [0.1, 0.15) is 44.2 Å². The van der Waals surface area contributed by atoms with Gasteiger partial charge in [0.25, 0.3) is 0 Å². The van der Waals surface area contributed by atoms with Gasteiger partial charge in [0.1, 0.15) is 11.6 Å². The Morgan fingerprint density at radius 1 is 0.974 bits per heavy atom. The molecule has 200 valence electrons. The fourth-order valence-corrected chi connectivity index (χ4v) is 4.97. The highest BCUT2D eigenvalue weighted by atomic mass is 16.5. The zero-order chi connectivity index (χ0) is 27.2. The Labute approximate surface area is 228 Å². The van der Waals surface area contributed by atoms with Crippen LogP contribution < -0.4 is 10.5 Å². The number of allylic oxidation sites excluding steroid dienone is 1. The predicted octanol–water partition coefficient (Wildman–Crippen LogP) is 6.63. The van der Waals surface area contributed by atoms with Gasteiger partial charge in [0.2, 0.25) is 0 Å². The summed E-state index contributed by atoms with van der Waals surface area (Å²) in [5, 5.41) is 3.88. The maximum Gasteiger partial charge on any atom is 0.439 e. The average molecular weight is 523 g/mol. The average Bonchev–Trinajstić information content (AvgIpc) is 3.40. The van der Waals surface area contributed by atoms with E-state index in [0.717, 1.165) is 67.0 Å². The Bertz CT molecular complexity index is 1530. The Morgan fingerprint density at radius 3 is 2.36 bits per heavy atom. The van der Waals surface area contributed by atoms with Crippen LogP contribution in [0.15, 0.2) is 98.4 Å². The molecule has 1 aliphatic rings. The number of unbranched alkanes of at least 4 members (excludes halogenated alkanes) is 1. The summed E-state index contributed by atoms with van der Waals surface area (Å²) >= 11 is 0. The van der Waals surface area contributed by atoms with Crippen LogP contribution in [0, 0.1) is 0 Å². The van der Waals surface area contributed by atoms with E-state index in [2.05, 4.69) is 65.3 Å². The SMILES string of the molecule is CCCCC1=C(Cc2ccc(-c3ccccc3-c3noc(=O)[nH]3)cc2)CN(Cc2ccc(OC)cc2)C(C)=N1. The molecule has 0 aliphatic carbocycles. The Balaban J connectivity index is 1.37. The summed E-state index contributed by atoms with van der Waals surface area (Å²) in [6, 6.07) is 24.7. The summed E-state index contributed by atoms with van der Waals surface area (Å²) < 4.78 is 10.0. The van der Waals surface area contributed by atoms with E-state index in [9.17, 15) is 4.79 Å². The molecule has 0 atom stereocenters. The van der Waals surface area contributed by atoms with Crippen molar-refractivity contribution in [2.75, 3.05) is 13.7 Å². The molecule has 0 amide bonds. The van der Waals surface area contributed by atoms with E-state index >= 15 is 0 Å². The van der Waals surface area contributed by atoms with Crippen molar-refractivity contribution in [1.82, 2.24) is 15.0 Å². The number of H-pyrrole nitrogens is 1. The fraction of sp³-hybridized carbons (Fsp3) is 0.281. The predicted molar refractivity (Wildman–Crippen MR) is 155 cm³/mol. The summed E-state index contributed by atoms with van der Waals surface area (Å²) in [5.41, 5.74) is 7.94. The molecule has 0 bridgehead atoms. The van der Waals surface area contributed by atoms with Crippen molar-refractivity contribution in [3.05, 3.63) is 106 Å². The molecule has 39 heavy (non-hydrogen) atoms. The molecule has 7 nitrogen and oxygen atoms in total. The Morgan fingerprint density at radius 2 is 1.69 bits per heavy atom. The number of aliphatic imine (C=N–C) groups is 1. The second-order valence-corrected chi connectivity index (χ2v) is 9.88. The van der Waals surface area contributed by atoms with Gasteiger partial charge in [-0.05, 0) is 66.1 Å². The molecule has 0 spiro atoms. The van der Waals surface area contributed by atoms with E-state index in [1.54, 1.807) is 7.11 Å². The van der Waals surface area contributed by atoms with Crippen LogP contribution in [0.3, 0.4) is 0 Å². The molecular formula is C32H34N4O3. The van der Waals surface area contributed by atoms with Gasteiger partial charge in [0.05, 0.1) is 7.11 Å². The van der Waals surface area contributed by atoms with E-state index in [1.807, 2.05) is 36.4 Å². The van der Waals surface area contributed by atoms with Gasteiger partial charge >= 0.3 is 5.76 Å². The lowest BCUT2D eigenvalue weighted by atomic mass is 9.95. The lowest BCUT2D eigenvalue weighted by Gasteiger charge is -2.31. The third-order valence-corrected chi connectivity index (χ3v) is 7.15. The van der Waals surface area contributed by atoms with Crippen LogP contribution in [0.2, 0.25) is 0 Å². The molecule has 0 saturated carbocycles. The number of hydrogen-bond acceptors (Lipinski definition) is 6. The normalized spacial score (nSPS) is 13.5. The summed E-state index contributed by atoms with van der Waals surface area (Å²) in [5.74, 6) is 1.80. The summed E-state index contributed by atoms with van der Waals surface area (Å²) in [7, 11) is 1.69. The third-order valence-electron chi connectivity index (χ3n) is 7.15. The molecule has 7 heteroatoms. The number of nitrogens with one attached hydrogen (secondary N) is 1. The second kappa shape index (κ2) is 12.0. The van der Waals surface area contributed by atoms with E-state index in [0.29, 0.717) is 5.82 Å². The van der Waals surface area contributed by atoms with Crippen molar-refractivity contribution in [2.45, 2.75) is 46.1 Å². The molecule has 3 aromatic carbocycles. The highest BCUT2D eigenvalue weighted by molar-refractivity contribution is 5.82. The van der Waals surface area contributed by atoms with Gasteiger partial charge in [-0.15, -0.1) is 0 Å². The van der Waals surface area contributed by atoms with Gasteiger partial charge in [-0.2, -0.15) is 0 Å². The Hall–Kier alpha value is -4.39. The number of amidine groups is 1. The minimum Gasteiger partial charge on any atom is -0.497 e. The van der Waals surface area contributed by atoms with Crippen molar-refractivity contribution in [1.29, 1.82) is 0 Å². The van der Waals surface area contributed by atoms with E-state index in [-0.39, 0.29) is 0 Å². The number of aromatic amines is 1. The lowest BCUT2D eigenvalue weighted by Crippen LogP contribution is -2.34. The second-order valence-electron chi connectivity index (χ2n) is 9.88. The fourth-order valence-electron chi connectivity index (χ4n) is 4.97. The zero-order valence-electron chi connectivity index (χ0n) is 22.7. The molecule has 0 radical (unpaired) electrons. The van der Waals surface area contributed by atoms with Crippen molar-refractivity contribution >= 4 is 5.84 Å². The van der Waals surface area contributed by atoms with Crippen LogP contribution in [-0.4, -0.2) is 34.5 Å². The quantitative estimate of drug-likeness (QED) is 0.253. The molecule has 1 N–H and O–H groups in total. The largest absolute Gasteiger partial charge is 0.497 e.